The normalized spacial score (nSPS) is 10.7. The molecule has 0 radical (unpaired) electrons. The molecule has 0 unspecified atom stereocenters. The second-order valence-corrected chi connectivity index (χ2v) is 4.80. The summed E-state index contributed by atoms with van der Waals surface area (Å²) < 4.78 is 2.59. The number of hydrogen-bond acceptors (Lipinski definition) is 4. The number of aromatic nitrogens is 4. The number of rotatable bonds is 4. The van der Waals surface area contributed by atoms with Crippen LogP contribution in [0, 0.1) is 0 Å². The Morgan fingerprint density at radius 1 is 1.28 bits per heavy atom. The van der Waals surface area contributed by atoms with E-state index in [4.69, 9.17) is 0 Å². The Labute approximate surface area is 115 Å². The minimum absolute atomic E-state index is 0.788. The molecule has 0 aromatic carbocycles. The minimum Gasteiger partial charge on any atom is -0.337 e. The standard InChI is InChI=1S/C12H16BrN5/c1-4-8-9(7-18(3)17-8)14-12-6-10(13)15-11(5-2)16-12/h6-7H,4-5H2,1-3H3,(H,14,15,16). The Balaban J connectivity index is 2.30. The molecular formula is C12H16BrN5. The zero-order chi connectivity index (χ0) is 13.1. The van der Waals surface area contributed by atoms with Crippen molar-refractivity contribution >= 4 is 27.4 Å². The van der Waals surface area contributed by atoms with Gasteiger partial charge in [0.15, 0.2) is 0 Å². The lowest BCUT2D eigenvalue weighted by Gasteiger charge is -2.06. The zero-order valence-electron chi connectivity index (χ0n) is 10.7. The zero-order valence-corrected chi connectivity index (χ0v) is 12.3. The van der Waals surface area contributed by atoms with Crippen molar-refractivity contribution in [2.45, 2.75) is 26.7 Å². The van der Waals surface area contributed by atoms with Crippen molar-refractivity contribution in [2.75, 3.05) is 5.32 Å². The van der Waals surface area contributed by atoms with E-state index in [9.17, 15) is 0 Å². The van der Waals surface area contributed by atoms with Crippen LogP contribution in [-0.2, 0) is 19.9 Å². The quantitative estimate of drug-likeness (QED) is 0.882. The maximum absolute atomic E-state index is 4.44. The Hall–Kier alpha value is -1.43. The predicted octanol–water partition coefficient (Wildman–Crippen LogP) is 2.84. The van der Waals surface area contributed by atoms with Gasteiger partial charge in [-0.25, -0.2) is 9.97 Å². The highest BCUT2D eigenvalue weighted by Crippen LogP contribution is 2.21. The summed E-state index contributed by atoms with van der Waals surface area (Å²) in [5.74, 6) is 1.60. The summed E-state index contributed by atoms with van der Waals surface area (Å²) in [6, 6.07) is 1.87. The molecule has 0 spiro atoms. The van der Waals surface area contributed by atoms with Crippen LogP contribution < -0.4 is 5.32 Å². The summed E-state index contributed by atoms with van der Waals surface area (Å²) in [7, 11) is 1.91. The Morgan fingerprint density at radius 3 is 2.72 bits per heavy atom. The lowest BCUT2D eigenvalue weighted by Crippen LogP contribution is -2.00. The van der Waals surface area contributed by atoms with Crippen LogP contribution in [0.2, 0.25) is 0 Å². The van der Waals surface area contributed by atoms with Crippen molar-refractivity contribution in [2.24, 2.45) is 7.05 Å². The number of hydrogen-bond donors (Lipinski definition) is 1. The van der Waals surface area contributed by atoms with Crippen molar-refractivity contribution < 1.29 is 0 Å². The summed E-state index contributed by atoms with van der Waals surface area (Å²) in [6.07, 6.45) is 3.65. The lowest BCUT2D eigenvalue weighted by atomic mass is 10.3. The van der Waals surface area contributed by atoms with E-state index in [1.54, 1.807) is 4.68 Å². The molecule has 1 N–H and O–H groups in total. The Kier molecular flexibility index (Phi) is 3.96. The van der Waals surface area contributed by atoms with Gasteiger partial charge in [0.25, 0.3) is 0 Å². The molecule has 2 heterocycles. The van der Waals surface area contributed by atoms with Crippen LogP contribution in [0.3, 0.4) is 0 Å². The molecule has 0 aliphatic heterocycles. The molecule has 0 fully saturated rings. The number of nitrogens with one attached hydrogen (secondary N) is 1. The molecule has 2 rings (SSSR count). The molecule has 18 heavy (non-hydrogen) atoms. The molecule has 0 saturated carbocycles. The van der Waals surface area contributed by atoms with E-state index < -0.39 is 0 Å². The van der Waals surface area contributed by atoms with Gasteiger partial charge in [0.2, 0.25) is 0 Å². The number of halogens is 1. The summed E-state index contributed by atoms with van der Waals surface area (Å²) in [4.78, 5) is 8.73. The maximum atomic E-state index is 4.44. The first-order valence-electron chi connectivity index (χ1n) is 5.95. The third kappa shape index (κ3) is 2.87. The topological polar surface area (TPSA) is 55.6 Å². The van der Waals surface area contributed by atoms with Crippen LogP contribution in [0.5, 0.6) is 0 Å². The summed E-state index contributed by atoms with van der Waals surface area (Å²) in [5.41, 5.74) is 2.03. The molecule has 5 nitrogen and oxygen atoms in total. The summed E-state index contributed by atoms with van der Waals surface area (Å²) >= 11 is 3.40. The number of nitrogens with zero attached hydrogens (tertiary/aromatic N) is 4. The van der Waals surface area contributed by atoms with Gasteiger partial charge in [-0.2, -0.15) is 5.10 Å². The molecular weight excluding hydrogens is 294 g/mol. The van der Waals surface area contributed by atoms with Crippen molar-refractivity contribution in [3.8, 4) is 0 Å². The van der Waals surface area contributed by atoms with Gasteiger partial charge < -0.3 is 5.32 Å². The van der Waals surface area contributed by atoms with Crippen LogP contribution in [0.4, 0.5) is 11.5 Å². The van der Waals surface area contributed by atoms with Gasteiger partial charge in [-0.3, -0.25) is 4.68 Å². The molecule has 0 saturated heterocycles. The molecule has 2 aromatic heterocycles. The van der Waals surface area contributed by atoms with Gasteiger partial charge >= 0.3 is 0 Å². The van der Waals surface area contributed by atoms with Gasteiger partial charge in [-0.15, -0.1) is 0 Å². The third-order valence-corrected chi connectivity index (χ3v) is 2.97. The maximum Gasteiger partial charge on any atom is 0.135 e. The van der Waals surface area contributed by atoms with Gasteiger partial charge in [0.1, 0.15) is 16.2 Å². The van der Waals surface area contributed by atoms with Crippen LogP contribution in [0.25, 0.3) is 0 Å². The smallest absolute Gasteiger partial charge is 0.135 e. The van der Waals surface area contributed by atoms with Gasteiger partial charge in [-0.1, -0.05) is 13.8 Å². The van der Waals surface area contributed by atoms with E-state index in [0.717, 1.165) is 40.5 Å². The Bertz CT molecular complexity index is 549. The Morgan fingerprint density at radius 2 is 2.06 bits per heavy atom. The molecule has 2 aromatic rings. The summed E-state index contributed by atoms with van der Waals surface area (Å²) in [5, 5.41) is 7.68. The molecule has 0 amide bonds. The van der Waals surface area contributed by atoms with Crippen molar-refractivity contribution in [1.29, 1.82) is 0 Å². The first kappa shape index (κ1) is 13.0. The van der Waals surface area contributed by atoms with Crippen LogP contribution in [0.1, 0.15) is 25.4 Å². The molecule has 0 aliphatic carbocycles. The average molecular weight is 310 g/mol. The van der Waals surface area contributed by atoms with E-state index in [-0.39, 0.29) is 0 Å². The van der Waals surface area contributed by atoms with Gasteiger partial charge in [0.05, 0.1) is 11.4 Å². The molecule has 0 atom stereocenters. The minimum atomic E-state index is 0.788. The van der Waals surface area contributed by atoms with Crippen molar-refractivity contribution in [3.05, 3.63) is 28.4 Å². The van der Waals surface area contributed by atoms with Crippen LogP contribution in [-0.4, -0.2) is 19.7 Å². The molecule has 6 heteroatoms. The fraction of sp³-hybridized carbons (Fsp3) is 0.417. The van der Waals surface area contributed by atoms with E-state index in [2.05, 4.69) is 43.2 Å². The number of aryl methyl sites for hydroxylation is 3. The summed E-state index contributed by atoms with van der Waals surface area (Å²) in [6.45, 7) is 4.12. The monoisotopic (exact) mass is 309 g/mol. The molecule has 96 valence electrons. The largest absolute Gasteiger partial charge is 0.337 e. The molecule has 0 aliphatic rings. The van der Waals surface area contributed by atoms with E-state index >= 15 is 0 Å². The highest BCUT2D eigenvalue weighted by molar-refractivity contribution is 9.10. The highest BCUT2D eigenvalue weighted by Gasteiger charge is 2.08. The third-order valence-electron chi connectivity index (χ3n) is 2.56. The average Bonchev–Trinajstić information content (AvgIpc) is 2.68. The highest BCUT2D eigenvalue weighted by atomic mass is 79.9. The van der Waals surface area contributed by atoms with Crippen LogP contribution in [0.15, 0.2) is 16.9 Å². The fourth-order valence-corrected chi connectivity index (χ4v) is 2.15. The SMILES string of the molecule is CCc1nc(Br)cc(Nc2cn(C)nc2CC)n1. The second-order valence-electron chi connectivity index (χ2n) is 3.99. The van der Waals surface area contributed by atoms with Gasteiger partial charge in [-0.05, 0) is 22.4 Å². The number of anilines is 2. The van der Waals surface area contributed by atoms with E-state index in [1.165, 1.54) is 0 Å². The van der Waals surface area contributed by atoms with Gasteiger partial charge in [0, 0.05) is 25.7 Å². The van der Waals surface area contributed by atoms with Crippen LogP contribution >= 0.6 is 15.9 Å². The van der Waals surface area contributed by atoms with E-state index in [1.807, 2.05) is 26.2 Å². The second kappa shape index (κ2) is 5.48. The molecule has 0 bridgehead atoms. The fourth-order valence-electron chi connectivity index (χ4n) is 1.72. The van der Waals surface area contributed by atoms with E-state index in [0.29, 0.717) is 0 Å². The van der Waals surface area contributed by atoms with Crippen molar-refractivity contribution in [3.63, 3.8) is 0 Å². The predicted molar refractivity (Wildman–Crippen MR) is 75.0 cm³/mol. The first-order chi connectivity index (χ1) is 8.62. The lowest BCUT2D eigenvalue weighted by molar-refractivity contribution is 0.746. The van der Waals surface area contributed by atoms with Crippen molar-refractivity contribution in [1.82, 2.24) is 19.7 Å². The first-order valence-corrected chi connectivity index (χ1v) is 6.74.